The average molecular weight is 345 g/mol. The number of hydrogen-bond donors (Lipinski definition) is 2. The Morgan fingerprint density at radius 2 is 1.00 bits per heavy atom. The highest BCUT2D eigenvalue weighted by atomic mass is 33.1. The van der Waals surface area contributed by atoms with E-state index in [0.717, 1.165) is 12.1 Å². The van der Waals surface area contributed by atoms with Crippen LogP contribution in [0.15, 0.2) is 0 Å². The molecule has 22 heavy (non-hydrogen) atoms. The molecule has 2 nitrogen and oxygen atoms in total. The highest BCUT2D eigenvalue weighted by Crippen LogP contribution is 2.23. The molecule has 0 spiro atoms. The number of rotatable bonds is 11. The molecule has 0 aromatic heterocycles. The van der Waals surface area contributed by atoms with Crippen LogP contribution >= 0.6 is 21.6 Å². The zero-order chi connectivity index (χ0) is 15.3. The lowest BCUT2D eigenvalue weighted by Crippen LogP contribution is -2.32. The van der Waals surface area contributed by atoms with Crippen LogP contribution in [-0.4, -0.2) is 36.7 Å². The van der Waals surface area contributed by atoms with Crippen LogP contribution in [-0.2, 0) is 0 Å². The fourth-order valence-electron chi connectivity index (χ4n) is 3.61. The zero-order valence-corrected chi connectivity index (χ0v) is 15.9. The maximum absolute atomic E-state index is 3.74. The SMILES string of the molecule is C1CCC(NCCCSSCCCNC2CCCCC2)CC1. The average Bonchev–Trinajstić information content (AvgIpc) is 2.58. The largest absolute Gasteiger partial charge is 0.314 e. The Bertz CT molecular complexity index is 225. The maximum Gasteiger partial charge on any atom is 0.00670 e. The van der Waals surface area contributed by atoms with Crippen molar-refractivity contribution in [3.05, 3.63) is 0 Å². The van der Waals surface area contributed by atoms with E-state index in [-0.39, 0.29) is 0 Å². The molecule has 0 radical (unpaired) electrons. The molecule has 4 heteroatoms. The molecule has 0 atom stereocenters. The molecule has 0 aromatic carbocycles. The second-order valence-electron chi connectivity index (χ2n) is 6.93. The van der Waals surface area contributed by atoms with Crippen molar-refractivity contribution in [3.8, 4) is 0 Å². The summed E-state index contributed by atoms with van der Waals surface area (Å²) >= 11 is 0. The quantitative estimate of drug-likeness (QED) is 0.407. The summed E-state index contributed by atoms with van der Waals surface area (Å²) in [7, 11) is 4.15. The van der Waals surface area contributed by atoms with E-state index in [1.807, 2.05) is 0 Å². The van der Waals surface area contributed by atoms with Crippen molar-refractivity contribution < 1.29 is 0 Å². The lowest BCUT2D eigenvalue weighted by atomic mass is 9.95. The van der Waals surface area contributed by atoms with Gasteiger partial charge in [0.25, 0.3) is 0 Å². The Hall–Kier alpha value is 0.620. The van der Waals surface area contributed by atoms with Crippen molar-refractivity contribution in [2.45, 2.75) is 89.1 Å². The molecule has 0 bridgehead atoms. The van der Waals surface area contributed by atoms with Crippen molar-refractivity contribution in [1.29, 1.82) is 0 Å². The molecular formula is C18H36N2S2. The predicted octanol–water partition coefficient (Wildman–Crippen LogP) is 4.99. The molecule has 130 valence electrons. The standard InChI is InChI=1S/C18H36N2S2/c1-3-9-17(10-4-1)19-13-7-15-21-22-16-8-14-20-18-11-5-2-6-12-18/h17-20H,1-16H2. The minimum absolute atomic E-state index is 0.831. The Kier molecular flexibility index (Phi) is 11.2. The van der Waals surface area contributed by atoms with Gasteiger partial charge < -0.3 is 10.6 Å². The van der Waals surface area contributed by atoms with Crippen molar-refractivity contribution in [1.82, 2.24) is 10.6 Å². The van der Waals surface area contributed by atoms with Crippen LogP contribution in [0, 0.1) is 0 Å². The third-order valence-corrected chi connectivity index (χ3v) is 7.55. The van der Waals surface area contributed by atoms with E-state index >= 15 is 0 Å². The van der Waals surface area contributed by atoms with Crippen molar-refractivity contribution in [2.75, 3.05) is 24.6 Å². The van der Waals surface area contributed by atoms with Crippen LogP contribution < -0.4 is 10.6 Å². The topological polar surface area (TPSA) is 24.1 Å². The van der Waals surface area contributed by atoms with Gasteiger partial charge in [0.2, 0.25) is 0 Å². The van der Waals surface area contributed by atoms with Crippen molar-refractivity contribution >= 4 is 21.6 Å². The van der Waals surface area contributed by atoms with Crippen LogP contribution in [0.5, 0.6) is 0 Å². The molecule has 2 aliphatic rings. The van der Waals surface area contributed by atoms with E-state index < -0.39 is 0 Å². The van der Waals surface area contributed by atoms with Gasteiger partial charge in [-0.25, -0.2) is 0 Å². The number of hydrogen-bond acceptors (Lipinski definition) is 4. The van der Waals surface area contributed by atoms with Gasteiger partial charge in [0.05, 0.1) is 0 Å². The molecule has 2 saturated carbocycles. The van der Waals surface area contributed by atoms with Crippen molar-refractivity contribution in [2.24, 2.45) is 0 Å². The van der Waals surface area contributed by atoms with Gasteiger partial charge in [-0.05, 0) is 51.6 Å². The van der Waals surface area contributed by atoms with Gasteiger partial charge in [-0.15, -0.1) is 0 Å². The van der Waals surface area contributed by atoms with Crippen LogP contribution in [0.25, 0.3) is 0 Å². The van der Waals surface area contributed by atoms with Crippen LogP contribution in [0.3, 0.4) is 0 Å². The first-order valence-corrected chi connectivity index (χ1v) is 12.1. The number of nitrogens with one attached hydrogen (secondary N) is 2. The molecule has 0 aliphatic heterocycles. The monoisotopic (exact) mass is 344 g/mol. The Morgan fingerprint density at radius 3 is 1.41 bits per heavy atom. The first-order valence-electron chi connectivity index (χ1n) is 9.66. The first-order chi connectivity index (χ1) is 10.9. The smallest absolute Gasteiger partial charge is 0.00670 e. The summed E-state index contributed by atoms with van der Waals surface area (Å²) < 4.78 is 0. The second kappa shape index (κ2) is 13.0. The molecule has 0 heterocycles. The summed E-state index contributed by atoms with van der Waals surface area (Å²) in [5, 5.41) is 7.47. The molecule has 0 unspecified atom stereocenters. The summed E-state index contributed by atoms with van der Waals surface area (Å²) in [6, 6.07) is 1.66. The van der Waals surface area contributed by atoms with Gasteiger partial charge in [0.1, 0.15) is 0 Å². The Balaban J connectivity index is 1.28. The zero-order valence-electron chi connectivity index (χ0n) is 14.3. The van der Waals surface area contributed by atoms with E-state index in [0.29, 0.717) is 0 Å². The fourth-order valence-corrected chi connectivity index (χ4v) is 5.78. The lowest BCUT2D eigenvalue weighted by Gasteiger charge is -2.22. The highest BCUT2D eigenvalue weighted by molar-refractivity contribution is 8.76. The molecule has 2 fully saturated rings. The van der Waals surface area contributed by atoms with E-state index in [4.69, 9.17) is 0 Å². The molecule has 2 N–H and O–H groups in total. The molecule has 0 saturated heterocycles. The molecule has 2 rings (SSSR count). The van der Waals surface area contributed by atoms with Gasteiger partial charge in [-0.2, -0.15) is 0 Å². The summed E-state index contributed by atoms with van der Waals surface area (Å²) in [5.41, 5.74) is 0. The van der Waals surface area contributed by atoms with E-state index in [2.05, 4.69) is 32.2 Å². The maximum atomic E-state index is 3.74. The van der Waals surface area contributed by atoms with E-state index in [1.54, 1.807) is 0 Å². The van der Waals surface area contributed by atoms with Gasteiger partial charge in [0, 0.05) is 23.6 Å². The normalized spacial score (nSPS) is 21.3. The molecule has 0 aromatic rings. The summed E-state index contributed by atoms with van der Waals surface area (Å²) in [5.74, 6) is 2.61. The predicted molar refractivity (Wildman–Crippen MR) is 104 cm³/mol. The van der Waals surface area contributed by atoms with Crippen LogP contribution in [0.2, 0.25) is 0 Å². The van der Waals surface area contributed by atoms with Gasteiger partial charge >= 0.3 is 0 Å². The lowest BCUT2D eigenvalue weighted by molar-refractivity contribution is 0.374. The third-order valence-electron chi connectivity index (χ3n) is 4.97. The summed E-state index contributed by atoms with van der Waals surface area (Å²) in [6.07, 6.45) is 17.0. The first kappa shape index (κ1) is 19.0. The minimum atomic E-state index is 0.831. The van der Waals surface area contributed by atoms with Crippen molar-refractivity contribution in [3.63, 3.8) is 0 Å². The van der Waals surface area contributed by atoms with Crippen LogP contribution in [0.4, 0.5) is 0 Å². The Morgan fingerprint density at radius 1 is 0.591 bits per heavy atom. The third kappa shape index (κ3) is 9.05. The van der Waals surface area contributed by atoms with Gasteiger partial charge in [-0.1, -0.05) is 60.1 Å². The molecule has 0 amide bonds. The summed E-state index contributed by atoms with van der Waals surface area (Å²) in [4.78, 5) is 0. The van der Waals surface area contributed by atoms with Gasteiger partial charge in [0.15, 0.2) is 0 Å². The molecule has 2 aliphatic carbocycles. The molecular weight excluding hydrogens is 308 g/mol. The van der Waals surface area contributed by atoms with Gasteiger partial charge in [-0.3, -0.25) is 0 Å². The van der Waals surface area contributed by atoms with Crippen LogP contribution in [0.1, 0.15) is 77.0 Å². The summed E-state index contributed by atoms with van der Waals surface area (Å²) in [6.45, 7) is 2.45. The van der Waals surface area contributed by atoms with E-state index in [9.17, 15) is 0 Å². The minimum Gasteiger partial charge on any atom is -0.314 e. The second-order valence-corrected chi connectivity index (χ2v) is 9.63. The fraction of sp³-hybridized carbons (Fsp3) is 1.00. The van der Waals surface area contributed by atoms with E-state index in [1.165, 1.54) is 102 Å². The highest BCUT2D eigenvalue weighted by Gasteiger charge is 2.12. The Labute approximate surface area is 146 Å².